The fourth-order valence-corrected chi connectivity index (χ4v) is 3.28. The Labute approximate surface area is 159 Å². The number of benzene rings is 1. The van der Waals surface area contributed by atoms with Crippen molar-refractivity contribution in [3.05, 3.63) is 59.3 Å². The molecule has 1 amide bonds. The smallest absolute Gasteiger partial charge is 0.253 e. The largest absolute Gasteiger partial charge is 0.372 e. The summed E-state index contributed by atoms with van der Waals surface area (Å²) in [7, 11) is 0. The second kappa shape index (κ2) is 8.19. The molecule has 0 radical (unpaired) electrons. The predicted octanol–water partition coefficient (Wildman–Crippen LogP) is 3.06. The van der Waals surface area contributed by atoms with E-state index in [9.17, 15) is 4.79 Å². The number of aromatic nitrogens is 1. The zero-order chi connectivity index (χ0) is 19.4. The molecule has 0 spiro atoms. The van der Waals surface area contributed by atoms with Crippen molar-refractivity contribution in [1.29, 1.82) is 5.26 Å². The molecule has 1 fully saturated rings. The van der Waals surface area contributed by atoms with Crippen molar-refractivity contribution >= 4 is 11.7 Å². The maximum atomic E-state index is 12.5. The number of pyridine rings is 1. The highest BCUT2D eigenvalue weighted by Crippen LogP contribution is 2.19. The van der Waals surface area contributed by atoms with Crippen molar-refractivity contribution in [3.63, 3.8) is 0 Å². The van der Waals surface area contributed by atoms with Crippen LogP contribution in [0.1, 0.15) is 48.3 Å². The van der Waals surface area contributed by atoms with Gasteiger partial charge in [0.25, 0.3) is 5.91 Å². The zero-order valence-electron chi connectivity index (χ0n) is 15.8. The van der Waals surface area contributed by atoms with Crippen LogP contribution in [0.5, 0.6) is 0 Å². The van der Waals surface area contributed by atoms with Gasteiger partial charge in [-0.05, 0) is 50.6 Å². The third kappa shape index (κ3) is 4.63. The van der Waals surface area contributed by atoms with Gasteiger partial charge in [-0.1, -0.05) is 12.1 Å². The molecule has 6 heteroatoms. The first-order chi connectivity index (χ1) is 13.0. The quantitative estimate of drug-likeness (QED) is 0.902. The summed E-state index contributed by atoms with van der Waals surface area (Å²) in [6.45, 7) is 7.60. The van der Waals surface area contributed by atoms with Gasteiger partial charge in [0.15, 0.2) is 0 Å². The Hall–Kier alpha value is -2.91. The Balaban J connectivity index is 1.64. The third-order valence-electron chi connectivity index (χ3n) is 4.64. The van der Waals surface area contributed by atoms with E-state index in [0.29, 0.717) is 11.1 Å². The second-order valence-electron chi connectivity index (χ2n) is 7.00. The standard InChI is InChI=1S/C21H24N4O2/c1-14-12-25(13-15(2)27-14)20-9-8-19(11-23-20)21(26)24-16(3)18-6-4-17(10-22)5-7-18/h4-9,11,14-16H,12-13H2,1-3H3,(H,24,26)/t14-,15+,16-/m1/s1. The monoisotopic (exact) mass is 364 g/mol. The molecular weight excluding hydrogens is 340 g/mol. The molecule has 3 rings (SSSR count). The summed E-state index contributed by atoms with van der Waals surface area (Å²) in [6.07, 6.45) is 1.93. The topological polar surface area (TPSA) is 78.3 Å². The van der Waals surface area contributed by atoms with Gasteiger partial charge in [0.2, 0.25) is 0 Å². The van der Waals surface area contributed by atoms with E-state index in [1.807, 2.05) is 25.1 Å². The molecule has 1 aliphatic rings. The Morgan fingerprint density at radius 2 is 1.89 bits per heavy atom. The molecule has 0 saturated carbocycles. The Morgan fingerprint density at radius 1 is 1.22 bits per heavy atom. The summed E-state index contributed by atoms with van der Waals surface area (Å²) < 4.78 is 5.75. The number of hydrogen-bond donors (Lipinski definition) is 1. The highest BCUT2D eigenvalue weighted by atomic mass is 16.5. The van der Waals surface area contributed by atoms with E-state index >= 15 is 0 Å². The van der Waals surface area contributed by atoms with Crippen molar-refractivity contribution in [2.75, 3.05) is 18.0 Å². The van der Waals surface area contributed by atoms with Crippen molar-refractivity contribution in [2.24, 2.45) is 0 Å². The highest BCUT2D eigenvalue weighted by Gasteiger charge is 2.23. The van der Waals surface area contributed by atoms with E-state index in [2.05, 4.69) is 35.1 Å². The van der Waals surface area contributed by atoms with Gasteiger partial charge in [-0.3, -0.25) is 4.79 Å². The van der Waals surface area contributed by atoms with Crippen molar-refractivity contribution in [1.82, 2.24) is 10.3 Å². The number of morpholine rings is 1. The molecule has 1 aliphatic heterocycles. The average molecular weight is 364 g/mol. The maximum absolute atomic E-state index is 12.5. The van der Waals surface area contributed by atoms with E-state index < -0.39 is 0 Å². The zero-order valence-corrected chi connectivity index (χ0v) is 15.8. The minimum atomic E-state index is -0.172. The Bertz CT molecular complexity index is 817. The van der Waals surface area contributed by atoms with Crippen LogP contribution in [0, 0.1) is 11.3 Å². The molecule has 1 saturated heterocycles. The Kier molecular flexibility index (Phi) is 5.72. The minimum absolute atomic E-state index is 0.159. The molecule has 3 atom stereocenters. The number of nitrogens with one attached hydrogen (secondary N) is 1. The van der Waals surface area contributed by atoms with Crippen LogP contribution >= 0.6 is 0 Å². The normalized spacial score (nSPS) is 20.6. The van der Waals surface area contributed by atoms with Gasteiger partial charge in [0, 0.05) is 19.3 Å². The summed E-state index contributed by atoms with van der Waals surface area (Å²) in [5, 5.41) is 11.8. The molecule has 27 heavy (non-hydrogen) atoms. The minimum Gasteiger partial charge on any atom is -0.372 e. The lowest BCUT2D eigenvalue weighted by Crippen LogP contribution is -2.45. The van der Waals surface area contributed by atoms with Crippen LogP contribution in [0.25, 0.3) is 0 Å². The lowest BCUT2D eigenvalue weighted by molar-refractivity contribution is -0.00546. The van der Waals surface area contributed by atoms with Crippen LogP contribution in [0.4, 0.5) is 5.82 Å². The van der Waals surface area contributed by atoms with Gasteiger partial charge in [-0.15, -0.1) is 0 Å². The van der Waals surface area contributed by atoms with Gasteiger partial charge in [-0.2, -0.15) is 5.26 Å². The number of hydrogen-bond acceptors (Lipinski definition) is 5. The summed E-state index contributed by atoms with van der Waals surface area (Å²) in [5.41, 5.74) is 2.07. The van der Waals surface area contributed by atoms with Gasteiger partial charge in [0.1, 0.15) is 5.82 Å². The van der Waals surface area contributed by atoms with E-state index in [4.69, 9.17) is 10.00 Å². The molecule has 1 aromatic carbocycles. The van der Waals surface area contributed by atoms with Gasteiger partial charge < -0.3 is 15.0 Å². The number of rotatable bonds is 4. The van der Waals surface area contributed by atoms with Crippen LogP contribution in [0.3, 0.4) is 0 Å². The Morgan fingerprint density at radius 3 is 2.44 bits per heavy atom. The summed E-state index contributed by atoms with van der Waals surface area (Å²) in [5.74, 6) is 0.684. The fourth-order valence-electron chi connectivity index (χ4n) is 3.28. The molecule has 6 nitrogen and oxygen atoms in total. The van der Waals surface area contributed by atoms with Crippen LogP contribution in [0.2, 0.25) is 0 Å². The number of ether oxygens (including phenoxy) is 1. The number of carbonyl (C=O) groups excluding carboxylic acids is 1. The number of nitrogens with zero attached hydrogens (tertiary/aromatic N) is 3. The molecule has 2 heterocycles. The molecule has 140 valence electrons. The van der Waals surface area contributed by atoms with Crippen LogP contribution in [0.15, 0.2) is 42.6 Å². The van der Waals surface area contributed by atoms with Crippen molar-refractivity contribution < 1.29 is 9.53 Å². The van der Waals surface area contributed by atoms with E-state index in [1.165, 1.54) is 0 Å². The first-order valence-electron chi connectivity index (χ1n) is 9.13. The van der Waals surface area contributed by atoms with Gasteiger partial charge >= 0.3 is 0 Å². The summed E-state index contributed by atoms with van der Waals surface area (Å²) >= 11 is 0. The van der Waals surface area contributed by atoms with Gasteiger partial charge in [0.05, 0.1) is 35.4 Å². The van der Waals surface area contributed by atoms with Gasteiger partial charge in [-0.25, -0.2) is 4.98 Å². The SMILES string of the molecule is C[C@@H]1CN(c2ccc(C(=O)N[C@H](C)c3ccc(C#N)cc3)cn2)C[C@H](C)O1. The number of amides is 1. The number of anilines is 1. The van der Waals surface area contributed by atoms with E-state index in [1.54, 1.807) is 24.4 Å². The molecular formula is C21H24N4O2. The van der Waals surface area contributed by atoms with Crippen molar-refractivity contribution in [3.8, 4) is 6.07 Å². The number of carbonyl (C=O) groups is 1. The van der Waals surface area contributed by atoms with E-state index in [-0.39, 0.29) is 24.2 Å². The summed E-state index contributed by atoms with van der Waals surface area (Å²) in [6, 6.07) is 12.8. The molecule has 2 aromatic rings. The first kappa shape index (κ1) is 18.9. The molecule has 1 N–H and O–H groups in total. The fraction of sp³-hybridized carbons (Fsp3) is 0.381. The lowest BCUT2D eigenvalue weighted by Gasteiger charge is -2.36. The second-order valence-corrected chi connectivity index (χ2v) is 7.00. The number of nitriles is 1. The summed E-state index contributed by atoms with van der Waals surface area (Å²) in [4.78, 5) is 19.2. The molecule has 0 unspecified atom stereocenters. The molecule has 0 aliphatic carbocycles. The molecule has 0 bridgehead atoms. The van der Waals surface area contributed by atoms with Crippen LogP contribution in [-0.4, -0.2) is 36.2 Å². The predicted molar refractivity (Wildman–Crippen MR) is 103 cm³/mol. The average Bonchev–Trinajstić information content (AvgIpc) is 2.67. The van der Waals surface area contributed by atoms with E-state index in [0.717, 1.165) is 24.5 Å². The highest BCUT2D eigenvalue weighted by molar-refractivity contribution is 5.94. The van der Waals surface area contributed by atoms with Crippen molar-refractivity contribution in [2.45, 2.75) is 39.0 Å². The van der Waals surface area contributed by atoms with Crippen LogP contribution < -0.4 is 10.2 Å². The first-order valence-corrected chi connectivity index (χ1v) is 9.13. The van der Waals surface area contributed by atoms with Crippen LogP contribution in [-0.2, 0) is 4.74 Å². The third-order valence-corrected chi connectivity index (χ3v) is 4.64. The maximum Gasteiger partial charge on any atom is 0.253 e. The lowest BCUT2D eigenvalue weighted by atomic mass is 10.1. The molecule has 1 aromatic heterocycles.